The molecule has 0 bridgehead atoms. The van der Waals surface area contributed by atoms with E-state index >= 15 is 0 Å². The van der Waals surface area contributed by atoms with Crippen molar-refractivity contribution >= 4 is 29.4 Å². The highest BCUT2D eigenvalue weighted by molar-refractivity contribution is 6.30. The molecule has 0 saturated carbocycles. The molecule has 3 heterocycles. The van der Waals surface area contributed by atoms with Crippen LogP contribution in [0.4, 0.5) is 4.79 Å². The van der Waals surface area contributed by atoms with E-state index < -0.39 is 6.04 Å². The molecule has 0 spiro atoms. The fraction of sp³-hybridized carbons (Fsp3) is 0.273. The maximum atomic E-state index is 13.2. The van der Waals surface area contributed by atoms with Crippen LogP contribution in [0.25, 0.3) is 0 Å². The van der Waals surface area contributed by atoms with Crippen LogP contribution in [0.2, 0.25) is 5.02 Å². The van der Waals surface area contributed by atoms with Gasteiger partial charge in [0.1, 0.15) is 6.54 Å². The van der Waals surface area contributed by atoms with Crippen molar-refractivity contribution in [3.8, 4) is 0 Å². The van der Waals surface area contributed by atoms with Crippen molar-refractivity contribution in [3.63, 3.8) is 0 Å². The van der Waals surface area contributed by atoms with E-state index in [2.05, 4.69) is 15.6 Å². The second-order valence-electron chi connectivity index (χ2n) is 7.30. The van der Waals surface area contributed by atoms with Gasteiger partial charge in [-0.05, 0) is 36.8 Å². The molecule has 0 radical (unpaired) electrons. The second kappa shape index (κ2) is 8.77. The van der Waals surface area contributed by atoms with Gasteiger partial charge in [0.15, 0.2) is 0 Å². The van der Waals surface area contributed by atoms with Gasteiger partial charge in [-0.3, -0.25) is 19.5 Å². The molecule has 0 aliphatic carbocycles. The first-order valence-corrected chi connectivity index (χ1v) is 10.4. The molecule has 4 rings (SSSR count). The molecule has 2 aromatic rings. The predicted octanol–water partition coefficient (Wildman–Crippen LogP) is 2.23. The molecule has 4 amide bonds. The van der Waals surface area contributed by atoms with Gasteiger partial charge in [-0.15, -0.1) is 0 Å². The topological polar surface area (TPSA) is 94.6 Å². The van der Waals surface area contributed by atoms with Crippen LogP contribution in [0.5, 0.6) is 0 Å². The molecule has 1 aromatic carbocycles. The third-order valence-electron chi connectivity index (χ3n) is 5.34. The highest BCUT2D eigenvalue weighted by atomic mass is 35.5. The maximum absolute atomic E-state index is 13.2. The minimum absolute atomic E-state index is 0.0995. The molecule has 1 atom stereocenters. The van der Waals surface area contributed by atoms with Gasteiger partial charge >= 0.3 is 6.03 Å². The first kappa shape index (κ1) is 20.9. The van der Waals surface area contributed by atoms with Gasteiger partial charge in [0.25, 0.3) is 5.91 Å². The molecule has 9 heteroatoms. The Balaban J connectivity index is 1.51. The second-order valence-corrected chi connectivity index (χ2v) is 7.73. The van der Waals surface area contributed by atoms with Crippen molar-refractivity contribution in [2.75, 3.05) is 19.6 Å². The Morgan fingerprint density at radius 1 is 1.23 bits per heavy atom. The third-order valence-corrected chi connectivity index (χ3v) is 5.60. The number of urea groups is 1. The summed E-state index contributed by atoms with van der Waals surface area (Å²) in [6.45, 7) is 2.65. The van der Waals surface area contributed by atoms with E-state index in [1.54, 1.807) is 41.4 Å². The number of nitrogens with zero attached hydrogens (tertiary/aromatic N) is 3. The molecule has 1 unspecified atom stereocenters. The number of carbonyl (C=O) groups is 3. The Hall–Kier alpha value is -3.39. The number of nitrogens with one attached hydrogen (secondary N) is 2. The highest BCUT2D eigenvalue weighted by Gasteiger charge is 2.43. The molecule has 2 aliphatic rings. The molecule has 1 aromatic heterocycles. The summed E-state index contributed by atoms with van der Waals surface area (Å²) in [5.74, 6) is -0.550. The largest absolute Gasteiger partial charge is 0.349 e. The molecule has 0 fully saturated rings. The van der Waals surface area contributed by atoms with E-state index in [1.807, 2.05) is 19.1 Å². The summed E-state index contributed by atoms with van der Waals surface area (Å²) in [5.41, 5.74) is 2.61. The Morgan fingerprint density at radius 3 is 2.68 bits per heavy atom. The van der Waals surface area contributed by atoms with Crippen molar-refractivity contribution in [1.82, 2.24) is 25.4 Å². The first-order chi connectivity index (χ1) is 15.0. The van der Waals surface area contributed by atoms with Crippen LogP contribution >= 0.6 is 11.6 Å². The smallest absolute Gasteiger partial charge is 0.322 e. The number of carbonyl (C=O) groups excluding carboxylic acids is 3. The SMILES string of the molecule is CCN1C(=O)NC(c2ccc(Cl)cc2)C2=C1CN(CC(=O)NCc1ccccn1)C2=O. The summed E-state index contributed by atoms with van der Waals surface area (Å²) in [4.78, 5) is 45.5. The van der Waals surface area contributed by atoms with Crippen molar-refractivity contribution < 1.29 is 14.4 Å². The molecular formula is C22H22ClN5O3. The summed E-state index contributed by atoms with van der Waals surface area (Å²) in [6, 6.07) is 11.6. The standard InChI is InChI=1S/C22H22ClN5O3/c1-2-28-17-12-27(13-18(29)25-11-16-5-3-4-10-24-16)21(30)19(17)20(26-22(28)31)14-6-8-15(23)9-7-14/h3-10,20H,2,11-13H2,1H3,(H,25,29)(H,26,31). The number of aromatic nitrogens is 1. The number of pyridine rings is 1. The van der Waals surface area contributed by atoms with E-state index in [9.17, 15) is 14.4 Å². The van der Waals surface area contributed by atoms with Gasteiger partial charge in [0, 0.05) is 17.8 Å². The van der Waals surface area contributed by atoms with Gasteiger partial charge in [0.2, 0.25) is 5.91 Å². The fourth-order valence-electron chi connectivity index (χ4n) is 3.84. The number of benzene rings is 1. The van der Waals surface area contributed by atoms with Crippen LogP contribution in [0.3, 0.4) is 0 Å². The first-order valence-electron chi connectivity index (χ1n) is 10.0. The van der Waals surface area contributed by atoms with E-state index in [-0.39, 0.29) is 37.5 Å². The lowest BCUT2D eigenvalue weighted by molar-refractivity contribution is -0.132. The van der Waals surface area contributed by atoms with Crippen molar-refractivity contribution in [2.24, 2.45) is 0 Å². The van der Waals surface area contributed by atoms with Crippen LogP contribution < -0.4 is 10.6 Å². The third kappa shape index (κ3) is 4.25. The van der Waals surface area contributed by atoms with Crippen LogP contribution in [-0.4, -0.2) is 52.3 Å². The van der Waals surface area contributed by atoms with E-state index in [1.165, 1.54) is 4.90 Å². The summed E-state index contributed by atoms with van der Waals surface area (Å²) in [5, 5.41) is 6.26. The molecule has 0 saturated heterocycles. The zero-order chi connectivity index (χ0) is 22.0. The van der Waals surface area contributed by atoms with Gasteiger partial charge in [-0.25, -0.2) is 4.79 Å². The Labute approximate surface area is 184 Å². The average molecular weight is 440 g/mol. The number of amides is 4. The minimum Gasteiger partial charge on any atom is -0.349 e. The van der Waals surface area contributed by atoms with Crippen LogP contribution in [0, 0.1) is 0 Å². The number of likely N-dealkylation sites (N-methyl/N-ethyl adjacent to an activating group) is 1. The van der Waals surface area contributed by atoms with Gasteiger partial charge in [0.05, 0.1) is 36.1 Å². The summed E-state index contributed by atoms with van der Waals surface area (Å²) in [6.07, 6.45) is 1.66. The van der Waals surface area contributed by atoms with E-state index in [4.69, 9.17) is 11.6 Å². The monoisotopic (exact) mass is 439 g/mol. The Kier molecular flexibility index (Phi) is 5.90. The lowest BCUT2D eigenvalue weighted by Crippen LogP contribution is -2.47. The summed E-state index contributed by atoms with van der Waals surface area (Å²) in [7, 11) is 0. The lowest BCUT2D eigenvalue weighted by atomic mass is 9.95. The summed E-state index contributed by atoms with van der Waals surface area (Å²) < 4.78 is 0. The van der Waals surface area contributed by atoms with E-state index in [0.717, 1.165) is 11.3 Å². The lowest BCUT2D eigenvalue weighted by Gasteiger charge is -2.32. The van der Waals surface area contributed by atoms with Gasteiger partial charge in [-0.2, -0.15) is 0 Å². The molecule has 8 nitrogen and oxygen atoms in total. The zero-order valence-electron chi connectivity index (χ0n) is 17.0. The van der Waals surface area contributed by atoms with Gasteiger partial charge < -0.3 is 15.5 Å². The Bertz CT molecular complexity index is 1040. The predicted molar refractivity (Wildman–Crippen MR) is 115 cm³/mol. The van der Waals surface area contributed by atoms with Crippen molar-refractivity contribution in [3.05, 3.63) is 76.2 Å². The van der Waals surface area contributed by atoms with Crippen LogP contribution in [0.15, 0.2) is 59.9 Å². The molecule has 160 valence electrons. The average Bonchev–Trinajstić information content (AvgIpc) is 3.09. The summed E-state index contributed by atoms with van der Waals surface area (Å²) >= 11 is 5.99. The number of rotatable bonds is 6. The number of hydrogen-bond donors (Lipinski definition) is 2. The quantitative estimate of drug-likeness (QED) is 0.721. The number of halogens is 1. The van der Waals surface area contributed by atoms with Crippen LogP contribution in [-0.2, 0) is 16.1 Å². The van der Waals surface area contributed by atoms with Crippen molar-refractivity contribution in [1.29, 1.82) is 0 Å². The highest BCUT2D eigenvalue weighted by Crippen LogP contribution is 2.36. The van der Waals surface area contributed by atoms with Gasteiger partial charge in [-0.1, -0.05) is 29.8 Å². The Morgan fingerprint density at radius 2 is 2.00 bits per heavy atom. The molecular weight excluding hydrogens is 418 g/mol. The van der Waals surface area contributed by atoms with Crippen molar-refractivity contribution in [2.45, 2.75) is 19.5 Å². The minimum atomic E-state index is -0.586. The van der Waals surface area contributed by atoms with Crippen LogP contribution in [0.1, 0.15) is 24.2 Å². The maximum Gasteiger partial charge on any atom is 0.322 e. The zero-order valence-corrected chi connectivity index (χ0v) is 17.7. The fourth-order valence-corrected chi connectivity index (χ4v) is 3.96. The normalized spacial score (nSPS) is 18.2. The van der Waals surface area contributed by atoms with E-state index in [0.29, 0.717) is 22.8 Å². The molecule has 2 aliphatic heterocycles. The molecule has 31 heavy (non-hydrogen) atoms. The number of hydrogen-bond acceptors (Lipinski definition) is 4. The molecule has 2 N–H and O–H groups in total.